The number of nitrogens with zero attached hydrogens (tertiary/aromatic N) is 1. The summed E-state index contributed by atoms with van der Waals surface area (Å²) in [6.07, 6.45) is 1.16. The van der Waals surface area contributed by atoms with E-state index >= 15 is 0 Å². The van der Waals surface area contributed by atoms with E-state index in [1.807, 2.05) is 0 Å². The monoisotopic (exact) mass is 421 g/mol. The average molecular weight is 421 g/mol. The Hall–Kier alpha value is -2.82. The van der Waals surface area contributed by atoms with Crippen LogP contribution in [0.2, 0.25) is 0 Å². The zero-order valence-corrected chi connectivity index (χ0v) is 16.4. The van der Waals surface area contributed by atoms with E-state index < -0.39 is 27.0 Å². The fraction of sp³-hybridized carbons (Fsp3) is 0.316. The van der Waals surface area contributed by atoms with Crippen molar-refractivity contribution in [1.82, 2.24) is 0 Å². The van der Waals surface area contributed by atoms with Crippen molar-refractivity contribution in [1.29, 1.82) is 0 Å². The number of carbonyl (C=O) groups is 1. The van der Waals surface area contributed by atoms with Crippen LogP contribution in [0.25, 0.3) is 0 Å². The highest BCUT2D eigenvalue weighted by Crippen LogP contribution is 2.33. The molecule has 0 unspecified atom stereocenters. The SMILES string of the molecule is CS(=O)(=O)Cc1ccc(C(=O)Oc2ccc(C3OCCCO3)cc2[N+](=O)[O-])cc1. The molecule has 10 heteroatoms. The van der Waals surface area contributed by atoms with Gasteiger partial charge in [0, 0.05) is 17.9 Å². The molecular formula is C19H19NO8S. The smallest absolute Gasteiger partial charge is 0.343 e. The number of nitro groups is 1. The standard InChI is InChI=1S/C19H19NO8S/c1-29(24,25)12-13-3-5-14(6-4-13)18(21)28-17-8-7-15(11-16(17)20(22)23)19-26-9-2-10-27-19/h3-8,11,19H,2,9-10,12H2,1H3. The van der Waals surface area contributed by atoms with Gasteiger partial charge >= 0.3 is 11.7 Å². The summed E-state index contributed by atoms with van der Waals surface area (Å²) < 4.78 is 38.7. The van der Waals surface area contributed by atoms with Crippen LogP contribution in [0.4, 0.5) is 5.69 Å². The molecule has 1 fully saturated rings. The third-order valence-corrected chi connectivity index (χ3v) is 4.96. The van der Waals surface area contributed by atoms with Crippen LogP contribution in [0.15, 0.2) is 42.5 Å². The number of benzene rings is 2. The van der Waals surface area contributed by atoms with Gasteiger partial charge in [-0.05, 0) is 36.2 Å². The molecule has 154 valence electrons. The van der Waals surface area contributed by atoms with Crippen LogP contribution in [0.5, 0.6) is 5.75 Å². The summed E-state index contributed by atoms with van der Waals surface area (Å²) in [5.74, 6) is -1.16. The average Bonchev–Trinajstić information content (AvgIpc) is 2.68. The topological polar surface area (TPSA) is 122 Å². The van der Waals surface area contributed by atoms with Crippen LogP contribution in [0.3, 0.4) is 0 Å². The highest BCUT2D eigenvalue weighted by atomic mass is 32.2. The lowest BCUT2D eigenvalue weighted by atomic mass is 10.1. The lowest BCUT2D eigenvalue weighted by molar-refractivity contribution is -0.385. The molecule has 2 aromatic rings. The van der Waals surface area contributed by atoms with E-state index in [0.717, 1.165) is 12.7 Å². The molecule has 0 aliphatic carbocycles. The molecule has 0 radical (unpaired) electrons. The molecule has 0 aromatic heterocycles. The second-order valence-corrected chi connectivity index (χ2v) is 8.71. The molecule has 0 atom stereocenters. The summed E-state index contributed by atoms with van der Waals surface area (Å²) in [4.78, 5) is 23.1. The van der Waals surface area contributed by atoms with Gasteiger partial charge < -0.3 is 14.2 Å². The molecule has 1 saturated heterocycles. The largest absolute Gasteiger partial charge is 0.416 e. The highest BCUT2D eigenvalue weighted by Gasteiger charge is 2.24. The first kappa shape index (κ1) is 20.9. The summed E-state index contributed by atoms with van der Waals surface area (Å²) in [6.45, 7) is 0.981. The Bertz CT molecular complexity index is 1010. The molecule has 0 amide bonds. The van der Waals surface area contributed by atoms with Crippen molar-refractivity contribution in [2.75, 3.05) is 19.5 Å². The number of carbonyl (C=O) groups excluding carboxylic acids is 1. The van der Waals surface area contributed by atoms with Crippen molar-refractivity contribution in [3.05, 3.63) is 69.3 Å². The van der Waals surface area contributed by atoms with Gasteiger partial charge in [0.15, 0.2) is 16.1 Å². The minimum absolute atomic E-state index is 0.138. The minimum Gasteiger partial charge on any atom is -0.416 e. The first-order chi connectivity index (χ1) is 13.7. The summed E-state index contributed by atoms with van der Waals surface area (Å²) in [7, 11) is -3.20. The third kappa shape index (κ3) is 5.59. The number of hydrogen-bond donors (Lipinski definition) is 0. The summed E-state index contributed by atoms with van der Waals surface area (Å²) >= 11 is 0. The second-order valence-electron chi connectivity index (χ2n) is 6.57. The predicted molar refractivity (Wildman–Crippen MR) is 102 cm³/mol. The van der Waals surface area contributed by atoms with E-state index in [2.05, 4.69) is 0 Å². The maximum atomic E-state index is 12.4. The second kappa shape index (κ2) is 8.68. The zero-order chi connectivity index (χ0) is 21.0. The normalized spacial score (nSPS) is 15.1. The van der Waals surface area contributed by atoms with Gasteiger partial charge in [0.25, 0.3) is 0 Å². The van der Waals surface area contributed by atoms with Gasteiger partial charge in [-0.3, -0.25) is 10.1 Å². The van der Waals surface area contributed by atoms with Gasteiger partial charge in [-0.15, -0.1) is 0 Å². The van der Waals surface area contributed by atoms with Gasteiger partial charge in [-0.25, -0.2) is 13.2 Å². The van der Waals surface area contributed by atoms with E-state index in [-0.39, 0.29) is 22.8 Å². The minimum atomic E-state index is -3.20. The Kier molecular flexibility index (Phi) is 6.26. The van der Waals surface area contributed by atoms with E-state index in [0.29, 0.717) is 24.3 Å². The quantitative estimate of drug-likeness (QED) is 0.302. The van der Waals surface area contributed by atoms with Crippen molar-refractivity contribution < 1.29 is 32.3 Å². The molecule has 9 nitrogen and oxygen atoms in total. The third-order valence-electron chi connectivity index (χ3n) is 4.10. The number of nitro benzene ring substituents is 1. The van der Waals surface area contributed by atoms with E-state index in [9.17, 15) is 23.3 Å². The lowest BCUT2D eigenvalue weighted by Gasteiger charge is -2.23. The molecule has 1 aliphatic heterocycles. The number of esters is 1. The van der Waals surface area contributed by atoms with Crippen molar-refractivity contribution in [2.45, 2.75) is 18.5 Å². The Morgan fingerprint density at radius 2 is 1.83 bits per heavy atom. The molecule has 29 heavy (non-hydrogen) atoms. The Labute approximate surface area is 167 Å². The Morgan fingerprint density at radius 3 is 2.41 bits per heavy atom. The molecule has 0 spiro atoms. The summed E-state index contributed by atoms with van der Waals surface area (Å²) in [6, 6.07) is 9.93. The van der Waals surface area contributed by atoms with Gasteiger partial charge in [0.05, 0.1) is 29.5 Å². The number of hydrogen-bond acceptors (Lipinski definition) is 8. The Balaban J connectivity index is 1.77. The van der Waals surface area contributed by atoms with E-state index in [1.165, 1.54) is 36.4 Å². The number of ether oxygens (including phenoxy) is 3. The lowest BCUT2D eigenvalue weighted by Crippen LogP contribution is -2.18. The fourth-order valence-electron chi connectivity index (χ4n) is 2.79. The molecule has 3 rings (SSSR count). The maximum Gasteiger partial charge on any atom is 0.343 e. The van der Waals surface area contributed by atoms with Crippen LogP contribution in [0.1, 0.15) is 34.2 Å². The van der Waals surface area contributed by atoms with E-state index in [4.69, 9.17) is 14.2 Å². The van der Waals surface area contributed by atoms with Crippen LogP contribution in [-0.4, -0.2) is 38.8 Å². The van der Waals surface area contributed by atoms with Crippen molar-refractivity contribution in [3.8, 4) is 5.75 Å². The van der Waals surface area contributed by atoms with Gasteiger partial charge in [-0.1, -0.05) is 12.1 Å². The van der Waals surface area contributed by atoms with Gasteiger partial charge in [0.1, 0.15) is 0 Å². The molecule has 2 aromatic carbocycles. The molecule has 1 aliphatic rings. The van der Waals surface area contributed by atoms with E-state index in [1.54, 1.807) is 6.07 Å². The first-order valence-corrected chi connectivity index (χ1v) is 10.8. The zero-order valence-electron chi connectivity index (χ0n) is 15.6. The summed E-state index contributed by atoms with van der Waals surface area (Å²) in [5.41, 5.74) is 0.732. The molecular weight excluding hydrogens is 402 g/mol. The van der Waals surface area contributed by atoms with Gasteiger partial charge in [0.2, 0.25) is 5.75 Å². The molecule has 0 saturated carbocycles. The molecule has 1 heterocycles. The van der Waals surface area contributed by atoms with Crippen LogP contribution < -0.4 is 4.74 Å². The number of sulfone groups is 1. The number of rotatable bonds is 6. The van der Waals surface area contributed by atoms with Crippen LogP contribution in [0, 0.1) is 10.1 Å². The van der Waals surface area contributed by atoms with Crippen molar-refractivity contribution >= 4 is 21.5 Å². The molecule has 0 bridgehead atoms. The van der Waals surface area contributed by atoms with Gasteiger partial charge in [-0.2, -0.15) is 0 Å². The van der Waals surface area contributed by atoms with Crippen molar-refractivity contribution in [3.63, 3.8) is 0 Å². The van der Waals surface area contributed by atoms with Crippen molar-refractivity contribution in [2.24, 2.45) is 0 Å². The Morgan fingerprint density at radius 1 is 1.17 bits per heavy atom. The summed E-state index contributed by atoms with van der Waals surface area (Å²) in [5, 5.41) is 11.4. The first-order valence-electron chi connectivity index (χ1n) is 8.73. The van der Waals surface area contributed by atoms with Crippen LogP contribution >= 0.6 is 0 Å². The highest BCUT2D eigenvalue weighted by molar-refractivity contribution is 7.89. The van der Waals surface area contributed by atoms with Crippen LogP contribution in [-0.2, 0) is 25.1 Å². The predicted octanol–water partition coefficient (Wildman–Crippen LogP) is 2.79. The maximum absolute atomic E-state index is 12.4. The fourth-order valence-corrected chi connectivity index (χ4v) is 3.59. The molecule has 0 N–H and O–H groups in total.